The lowest BCUT2D eigenvalue weighted by Crippen LogP contribution is -2.16. The second-order valence-electron chi connectivity index (χ2n) is 3.72. The Morgan fingerprint density at radius 2 is 2.15 bits per heavy atom. The third-order valence-corrected chi connectivity index (χ3v) is 2.25. The normalized spacial score (nSPS) is 10.0. The Bertz CT molecular complexity index is 433. The number of ether oxygens (including phenoxy) is 2. The molecule has 0 saturated heterocycles. The molecular formula is C12H17ClF2N2O3. The molecule has 0 heterocycles. The summed E-state index contributed by atoms with van der Waals surface area (Å²) in [5, 5.41) is 2.56. The van der Waals surface area contributed by atoms with E-state index in [2.05, 4.69) is 10.1 Å². The van der Waals surface area contributed by atoms with Crippen molar-refractivity contribution < 1.29 is 23.0 Å². The Morgan fingerprint density at radius 3 is 2.75 bits per heavy atom. The lowest BCUT2D eigenvalue weighted by molar-refractivity contribution is -0.117. The fraction of sp³-hybridized carbons (Fsp3) is 0.417. The number of carbonyl (C=O) groups excluding carboxylic acids is 1. The van der Waals surface area contributed by atoms with Gasteiger partial charge in [0.15, 0.2) is 0 Å². The first-order valence-electron chi connectivity index (χ1n) is 5.62. The first-order chi connectivity index (χ1) is 9.02. The molecule has 1 rings (SSSR count). The number of hydrogen-bond donors (Lipinski definition) is 2. The summed E-state index contributed by atoms with van der Waals surface area (Å²) in [7, 11) is 1.50. The zero-order valence-corrected chi connectivity index (χ0v) is 11.7. The topological polar surface area (TPSA) is 73.6 Å². The lowest BCUT2D eigenvalue weighted by Gasteiger charge is -2.10. The smallest absolute Gasteiger partial charge is 0.261 e. The first-order valence-corrected chi connectivity index (χ1v) is 5.62. The Morgan fingerprint density at radius 1 is 1.45 bits per heavy atom. The maximum Gasteiger partial charge on any atom is 0.261 e. The van der Waals surface area contributed by atoms with Gasteiger partial charge < -0.3 is 20.5 Å². The third kappa shape index (κ3) is 6.53. The number of nitrogens with two attached hydrogens (primary N) is 1. The van der Waals surface area contributed by atoms with Gasteiger partial charge in [-0.15, -0.1) is 12.4 Å². The summed E-state index contributed by atoms with van der Waals surface area (Å²) < 4.78 is 33.2. The van der Waals surface area contributed by atoms with Crippen LogP contribution in [0.25, 0.3) is 0 Å². The summed E-state index contributed by atoms with van der Waals surface area (Å²) in [5.74, 6) is 0.188. The van der Waals surface area contributed by atoms with Crippen molar-refractivity contribution in [2.75, 3.05) is 31.4 Å². The summed E-state index contributed by atoms with van der Waals surface area (Å²) in [4.78, 5) is 11.5. The highest BCUT2D eigenvalue weighted by Gasteiger charge is 2.08. The van der Waals surface area contributed by atoms with Crippen LogP contribution < -0.4 is 15.8 Å². The van der Waals surface area contributed by atoms with Gasteiger partial charge in [-0.05, 0) is 12.1 Å². The van der Waals surface area contributed by atoms with Gasteiger partial charge in [-0.2, -0.15) is 0 Å². The summed E-state index contributed by atoms with van der Waals surface area (Å²) in [6, 6.07) is 4.84. The average molecular weight is 311 g/mol. The Labute approximate surface area is 121 Å². The molecule has 8 heteroatoms. The number of benzene rings is 1. The van der Waals surface area contributed by atoms with Gasteiger partial charge in [0.2, 0.25) is 5.91 Å². The molecule has 0 radical (unpaired) electrons. The van der Waals surface area contributed by atoms with Crippen LogP contribution in [0.4, 0.5) is 20.2 Å². The van der Waals surface area contributed by atoms with Gasteiger partial charge in [-0.1, -0.05) is 0 Å². The molecule has 0 saturated carbocycles. The van der Waals surface area contributed by atoms with Crippen LogP contribution in [0.2, 0.25) is 0 Å². The molecule has 0 spiro atoms. The predicted octanol–water partition coefficient (Wildman–Crippen LogP) is 2.31. The van der Waals surface area contributed by atoms with Gasteiger partial charge >= 0.3 is 0 Å². The molecule has 0 fully saturated rings. The van der Waals surface area contributed by atoms with Crippen molar-refractivity contribution in [3.8, 4) is 5.75 Å². The average Bonchev–Trinajstić information content (AvgIpc) is 2.37. The van der Waals surface area contributed by atoms with E-state index in [0.29, 0.717) is 17.1 Å². The quantitative estimate of drug-likeness (QED) is 0.599. The van der Waals surface area contributed by atoms with Crippen LogP contribution in [-0.2, 0) is 9.53 Å². The number of nitrogens with one attached hydrogen (secondary N) is 1. The first kappa shape index (κ1) is 18.4. The molecule has 0 aliphatic carbocycles. The molecule has 0 atom stereocenters. The SMILES string of the molecule is COc1ccc(N)c(NC(=O)CCOCC(F)F)c1.Cl. The van der Waals surface area contributed by atoms with Crippen molar-refractivity contribution in [3.05, 3.63) is 18.2 Å². The van der Waals surface area contributed by atoms with Crippen molar-refractivity contribution >= 4 is 29.7 Å². The molecule has 20 heavy (non-hydrogen) atoms. The number of rotatable bonds is 7. The number of methoxy groups -OCH3 is 1. The third-order valence-electron chi connectivity index (χ3n) is 2.25. The Balaban J connectivity index is 0.00000361. The van der Waals surface area contributed by atoms with E-state index in [-0.39, 0.29) is 31.3 Å². The van der Waals surface area contributed by atoms with Crippen LogP contribution in [0.5, 0.6) is 5.75 Å². The summed E-state index contributed by atoms with van der Waals surface area (Å²) in [6.45, 7) is -0.741. The highest BCUT2D eigenvalue weighted by molar-refractivity contribution is 5.94. The van der Waals surface area contributed by atoms with Gasteiger partial charge in [-0.3, -0.25) is 4.79 Å². The molecule has 0 aliphatic rings. The minimum Gasteiger partial charge on any atom is -0.497 e. The Kier molecular flexibility index (Phi) is 8.58. The van der Waals surface area contributed by atoms with Crippen molar-refractivity contribution in [1.82, 2.24) is 0 Å². The van der Waals surface area contributed by atoms with Gasteiger partial charge in [0.1, 0.15) is 12.4 Å². The number of alkyl halides is 2. The number of carbonyl (C=O) groups is 1. The molecular weight excluding hydrogens is 294 g/mol. The number of amides is 1. The summed E-state index contributed by atoms with van der Waals surface area (Å²) in [6.07, 6.45) is -2.55. The van der Waals surface area contributed by atoms with Crippen molar-refractivity contribution in [1.29, 1.82) is 0 Å². The molecule has 1 aromatic carbocycles. The molecule has 0 aromatic heterocycles. The van der Waals surface area contributed by atoms with Crippen molar-refractivity contribution in [2.45, 2.75) is 12.8 Å². The minimum atomic E-state index is -2.53. The zero-order valence-electron chi connectivity index (χ0n) is 10.9. The molecule has 1 amide bonds. The fourth-order valence-electron chi connectivity index (χ4n) is 1.32. The molecule has 3 N–H and O–H groups in total. The maximum absolute atomic E-state index is 11.8. The van der Waals surface area contributed by atoms with Crippen LogP contribution in [0.1, 0.15) is 6.42 Å². The van der Waals surface area contributed by atoms with Gasteiger partial charge in [0, 0.05) is 6.07 Å². The van der Waals surface area contributed by atoms with Crippen LogP contribution in [-0.4, -0.2) is 32.7 Å². The lowest BCUT2D eigenvalue weighted by atomic mass is 10.2. The molecule has 5 nitrogen and oxygen atoms in total. The van der Waals surface area contributed by atoms with Gasteiger partial charge in [0.25, 0.3) is 6.43 Å². The highest BCUT2D eigenvalue weighted by Crippen LogP contribution is 2.24. The van der Waals surface area contributed by atoms with Gasteiger partial charge in [0.05, 0.1) is 31.5 Å². The molecule has 114 valence electrons. The molecule has 1 aromatic rings. The van der Waals surface area contributed by atoms with E-state index >= 15 is 0 Å². The monoisotopic (exact) mass is 310 g/mol. The second-order valence-corrected chi connectivity index (χ2v) is 3.72. The van der Waals surface area contributed by atoms with E-state index in [1.165, 1.54) is 7.11 Å². The van der Waals surface area contributed by atoms with E-state index in [1.54, 1.807) is 18.2 Å². The van der Waals surface area contributed by atoms with Crippen molar-refractivity contribution in [2.24, 2.45) is 0 Å². The van der Waals surface area contributed by atoms with Crippen LogP contribution in [0.3, 0.4) is 0 Å². The Hall–Kier alpha value is -1.60. The fourth-order valence-corrected chi connectivity index (χ4v) is 1.32. The van der Waals surface area contributed by atoms with Crippen LogP contribution in [0.15, 0.2) is 18.2 Å². The van der Waals surface area contributed by atoms with E-state index in [4.69, 9.17) is 10.5 Å². The number of halogens is 3. The van der Waals surface area contributed by atoms with Crippen LogP contribution in [0, 0.1) is 0 Å². The van der Waals surface area contributed by atoms with Gasteiger partial charge in [-0.25, -0.2) is 8.78 Å². The number of hydrogen-bond acceptors (Lipinski definition) is 4. The molecule has 0 unspecified atom stereocenters. The summed E-state index contributed by atoms with van der Waals surface area (Å²) in [5.41, 5.74) is 6.49. The molecule has 0 bridgehead atoms. The second kappa shape index (κ2) is 9.33. The standard InChI is InChI=1S/C12H16F2N2O3.ClH/c1-18-8-2-3-9(15)10(6-8)16-12(17)4-5-19-7-11(13)14;/h2-3,6,11H,4-5,7,15H2,1H3,(H,16,17);1H. The van der Waals surface area contributed by atoms with E-state index in [1.807, 2.05) is 0 Å². The maximum atomic E-state index is 11.8. The largest absolute Gasteiger partial charge is 0.497 e. The zero-order chi connectivity index (χ0) is 14.3. The number of anilines is 2. The minimum absolute atomic E-state index is 0. The number of nitrogen functional groups attached to an aromatic ring is 1. The highest BCUT2D eigenvalue weighted by atomic mass is 35.5. The molecule has 0 aliphatic heterocycles. The van der Waals surface area contributed by atoms with E-state index < -0.39 is 13.0 Å². The van der Waals surface area contributed by atoms with Crippen LogP contribution >= 0.6 is 12.4 Å². The van der Waals surface area contributed by atoms with E-state index in [9.17, 15) is 13.6 Å². The summed E-state index contributed by atoms with van der Waals surface area (Å²) >= 11 is 0. The van der Waals surface area contributed by atoms with E-state index in [0.717, 1.165) is 0 Å². The predicted molar refractivity (Wildman–Crippen MR) is 74.7 cm³/mol. The van der Waals surface area contributed by atoms with Crippen molar-refractivity contribution in [3.63, 3.8) is 0 Å².